The Bertz CT molecular complexity index is 590. The van der Waals surface area contributed by atoms with E-state index in [4.69, 9.17) is 0 Å². The van der Waals surface area contributed by atoms with E-state index in [1.54, 1.807) is 24.3 Å². The van der Waals surface area contributed by atoms with Gasteiger partial charge in [-0.2, -0.15) is 0 Å². The fourth-order valence-electron chi connectivity index (χ4n) is 2.57. The highest BCUT2D eigenvalue weighted by Crippen LogP contribution is 2.24. The molecule has 1 aliphatic rings. The summed E-state index contributed by atoms with van der Waals surface area (Å²) in [5.41, 5.74) is 2.07. The van der Waals surface area contributed by atoms with Gasteiger partial charge in [0, 0.05) is 18.5 Å². The van der Waals surface area contributed by atoms with Crippen LogP contribution in [0.1, 0.15) is 29.9 Å². The molecule has 110 valence electrons. The highest BCUT2D eigenvalue weighted by Gasteiger charge is 2.22. The first-order chi connectivity index (χ1) is 10.2. The van der Waals surface area contributed by atoms with Crippen LogP contribution < -0.4 is 5.32 Å². The summed E-state index contributed by atoms with van der Waals surface area (Å²) in [4.78, 5) is 0. The highest BCUT2D eigenvalue weighted by atomic mass is 19.1. The van der Waals surface area contributed by atoms with Crippen LogP contribution in [0.4, 0.5) is 8.78 Å². The summed E-state index contributed by atoms with van der Waals surface area (Å²) in [6, 6.07) is 14.0. The SMILES string of the molecule is Fc1ccc(CC(CNC2CC2)c2cccc(F)c2)cc1. The van der Waals surface area contributed by atoms with Crippen LogP contribution in [-0.2, 0) is 6.42 Å². The van der Waals surface area contributed by atoms with Crippen molar-refractivity contribution in [1.82, 2.24) is 5.32 Å². The molecule has 1 nitrogen and oxygen atoms in total. The monoisotopic (exact) mass is 287 g/mol. The van der Waals surface area contributed by atoms with Crippen LogP contribution in [0.25, 0.3) is 0 Å². The van der Waals surface area contributed by atoms with Crippen molar-refractivity contribution in [2.75, 3.05) is 6.54 Å². The minimum Gasteiger partial charge on any atom is -0.313 e. The average molecular weight is 287 g/mol. The van der Waals surface area contributed by atoms with Gasteiger partial charge in [-0.15, -0.1) is 0 Å². The molecule has 3 heteroatoms. The van der Waals surface area contributed by atoms with Gasteiger partial charge in [0.1, 0.15) is 11.6 Å². The average Bonchev–Trinajstić information content (AvgIpc) is 3.30. The Balaban J connectivity index is 1.75. The first-order valence-electron chi connectivity index (χ1n) is 7.44. The van der Waals surface area contributed by atoms with Gasteiger partial charge in [0.2, 0.25) is 0 Å². The number of halogens is 2. The third-order valence-electron chi connectivity index (χ3n) is 3.95. The van der Waals surface area contributed by atoms with E-state index in [-0.39, 0.29) is 17.6 Å². The standard InChI is InChI=1S/C18H19F2N/c19-16-6-4-13(5-7-16)10-15(12-21-18-8-9-18)14-2-1-3-17(20)11-14/h1-7,11,15,18,21H,8-10,12H2. The number of benzene rings is 2. The highest BCUT2D eigenvalue weighted by molar-refractivity contribution is 5.25. The second kappa shape index (κ2) is 6.35. The Hall–Kier alpha value is -1.74. The Kier molecular flexibility index (Phi) is 4.30. The topological polar surface area (TPSA) is 12.0 Å². The molecule has 0 aromatic heterocycles. The molecule has 0 aliphatic heterocycles. The molecular weight excluding hydrogens is 268 g/mol. The Labute approximate surface area is 124 Å². The minimum atomic E-state index is -0.225. The first-order valence-corrected chi connectivity index (χ1v) is 7.44. The quantitative estimate of drug-likeness (QED) is 0.845. The molecular formula is C18H19F2N. The number of rotatable bonds is 6. The van der Waals surface area contributed by atoms with Crippen molar-refractivity contribution in [1.29, 1.82) is 0 Å². The molecule has 1 unspecified atom stereocenters. The molecule has 0 saturated heterocycles. The molecule has 2 aromatic carbocycles. The molecule has 21 heavy (non-hydrogen) atoms. The maximum absolute atomic E-state index is 13.5. The zero-order valence-electron chi connectivity index (χ0n) is 11.9. The first kappa shape index (κ1) is 14.2. The third kappa shape index (κ3) is 4.11. The molecule has 1 N–H and O–H groups in total. The molecule has 1 fully saturated rings. The summed E-state index contributed by atoms with van der Waals surface area (Å²) >= 11 is 0. The van der Waals surface area contributed by atoms with Crippen LogP contribution in [0.3, 0.4) is 0 Å². The third-order valence-corrected chi connectivity index (χ3v) is 3.95. The van der Waals surface area contributed by atoms with Gasteiger partial charge in [0.05, 0.1) is 0 Å². The largest absolute Gasteiger partial charge is 0.313 e. The van der Waals surface area contributed by atoms with E-state index in [1.165, 1.54) is 31.0 Å². The van der Waals surface area contributed by atoms with Gasteiger partial charge in [-0.1, -0.05) is 24.3 Å². The lowest BCUT2D eigenvalue weighted by molar-refractivity contribution is 0.568. The fraction of sp³-hybridized carbons (Fsp3) is 0.333. The van der Waals surface area contributed by atoms with E-state index in [1.807, 2.05) is 6.07 Å². The molecule has 2 aromatic rings. The normalized spacial score (nSPS) is 15.9. The van der Waals surface area contributed by atoms with Crippen molar-refractivity contribution in [3.8, 4) is 0 Å². The summed E-state index contributed by atoms with van der Waals surface area (Å²) < 4.78 is 26.5. The number of hydrogen-bond acceptors (Lipinski definition) is 1. The molecule has 0 bridgehead atoms. The van der Waals surface area contributed by atoms with Crippen LogP contribution in [0, 0.1) is 11.6 Å². The lowest BCUT2D eigenvalue weighted by Gasteiger charge is -2.18. The minimum absolute atomic E-state index is 0.201. The van der Waals surface area contributed by atoms with E-state index in [0.29, 0.717) is 6.04 Å². The number of hydrogen-bond donors (Lipinski definition) is 1. The van der Waals surface area contributed by atoms with E-state index < -0.39 is 0 Å². The summed E-state index contributed by atoms with van der Waals surface area (Å²) in [7, 11) is 0. The van der Waals surface area contributed by atoms with E-state index >= 15 is 0 Å². The van der Waals surface area contributed by atoms with E-state index in [0.717, 1.165) is 24.1 Å². The van der Waals surface area contributed by atoms with Crippen molar-refractivity contribution in [2.24, 2.45) is 0 Å². The number of nitrogens with one attached hydrogen (secondary N) is 1. The second-order valence-electron chi connectivity index (χ2n) is 5.77. The molecule has 1 atom stereocenters. The van der Waals surface area contributed by atoms with Crippen molar-refractivity contribution < 1.29 is 8.78 Å². The van der Waals surface area contributed by atoms with Gasteiger partial charge in [0.15, 0.2) is 0 Å². The van der Waals surface area contributed by atoms with Crippen LogP contribution in [0.15, 0.2) is 48.5 Å². The van der Waals surface area contributed by atoms with Crippen molar-refractivity contribution in [3.05, 3.63) is 71.3 Å². The van der Waals surface area contributed by atoms with Gasteiger partial charge < -0.3 is 5.32 Å². The zero-order chi connectivity index (χ0) is 14.7. The summed E-state index contributed by atoms with van der Waals surface area (Å²) in [5, 5.41) is 3.51. The molecule has 0 spiro atoms. The molecule has 3 rings (SSSR count). The summed E-state index contributed by atoms with van der Waals surface area (Å²) in [6.07, 6.45) is 3.24. The van der Waals surface area contributed by atoms with Gasteiger partial charge in [-0.25, -0.2) is 8.78 Å². The van der Waals surface area contributed by atoms with Crippen LogP contribution in [0.2, 0.25) is 0 Å². The van der Waals surface area contributed by atoms with Crippen LogP contribution in [0.5, 0.6) is 0 Å². The smallest absolute Gasteiger partial charge is 0.123 e. The maximum Gasteiger partial charge on any atom is 0.123 e. The molecule has 1 aliphatic carbocycles. The lowest BCUT2D eigenvalue weighted by Crippen LogP contribution is -2.25. The van der Waals surface area contributed by atoms with Gasteiger partial charge in [0.25, 0.3) is 0 Å². The van der Waals surface area contributed by atoms with E-state index in [2.05, 4.69) is 5.32 Å². The van der Waals surface area contributed by atoms with Crippen molar-refractivity contribution in [2.45, 2.75) is 31.2 Å². The molecule has 0 heterocycles. The van der Waals surface area contributed by atoms with Gasteiger partial charge in [-0.05, 0) is 54.7 Å². The van der Waals surface area contributed by atoms with Crippen LogP contribution in [-0.4, -0.2) is 12.6 Å². The summed E-state index contributed by atoms with van der Waals surface area (Å²) in [5.74, 6) is -0.230. The van der Waals surface area contributed by atoms with Crippen LogP contribution >= 0.6 is 0 Å². The Morgan fingerprint density at radius 3 is 2.43 bits per heavy atom. The zero-order valence-corrected chi connectivity index (χ0v) is 11.9. The second-order valence-corrected chi connectivity index (χ2v) is 5.77. The lowest BCUT2D eigenvalue weighted by atomic mass is 9.91. The Morgan fingerprint density at radius 2 is 1.76 bits per heavy atom. The Morgan fingerprint density at radius 1 is 1.00 bits per heavy atom. The van der Waals surface area contributed by atoms with Gasteiger partial charge in [-0.3, -0.25) is 0 Å². The summed E-state index contributed by atoms with van der Waals surface area (Å²) in [6.45, 7) is 0.825. The predicted molar refractivity (Wildman–Crippen MR) is 80.3 cm³/mol. The molecule has 1 saturated carbocycles. The van der Waals surface area contributed by atoms with Crippen molar-refractivity contribution >= 4 is 0 Å². The van der Waals surface area contributed by atoms with Gasteiger partial charge >= 0.3 is 0 Å². The molecule has 0 radical (unpaired) electrons. The van der Waals surface area contributed by atoms with Crippen molar-refractivity contribution in [3.63, 3.8) is 0 Å². The van der Waals surface area contributed by atoms with E-state index in [9.17, 15) is 8.78 Å². The maximum atomic E-state index is 13.5. The molecule has 0 amide bonds. The fourth-order valence-corrected chi connectivity index (χ4v) is 2.57. The predicted octanol–water partition coefficient (Wildman–Crippen LogP) is 4.04.